The van der Waals surface area contributed by atoms with Gasteiger partial charge >= 0.3 is 7.12 Å². The summed E-state index contributed by atoms with van der Waals surface area (Å²) in [6.45, 7) is 10.5. The Morgan fingerprint density at radius 1 is 1.00 bits per heavy atom. The second-order valence-corrected chi connectivity index (χ2v) is 10.5. The van der Waals surface area contributed by atoms with Crippen LogP contribution in [0, 0.1) is 0 Å². The van der Waals surface area contributed by atoms with E-state index < -0.39 is 18.3 Å². The first-order valence-corrected chi connectivity index (χ1v) is 12.6. The highest BCUT2D eigenvalue weighted by molar-refractivity contribution is 6.63. The predicted octanol–water partition coefficient (Wildman–Crippen LogP) is 4.12. The lowest BCUT2D eigenvalue weighted by molar-refractivity contribution is -0.161. The van der Waals surface area contributed by atoms with Gasteiger partial charge in [0.05, 0.1) is 23.3 Å². The van der Waals surface area contributed by atoms with Crippen LogP contribution in [0.1, 0.15) is 78.0 Å². The van der Waals surface area contributed by atoms with Crippen LogP contribution in [0.3, 0.4) is 0 Å². The van der Waals surface area contributed by atoms with Crippen LogP contribution in [-0.4, -0.2) is 54.2 Å². The van der Waals surface area contributed by atoms with Gasteiger partial charge in [-0.2, -0.15) is 5.10 Å². The van der Waals surface area contributed by atoms with E-state index in [0.29, 0.717) is 6.61 Å². The minimum atomic E-state index is -0.422. The minimum absolute atomic E-state index is 0.00573. The average Bonchev–Trinajstić information content (AvgIpc) is 3.33. The fraction of sp³-hybridized carbons (Fsp3) is 0.720. The lowest BCUT2D eigenvalue weighted by Crippen LogP contribution is -2.41. The maximum Gasteiger partial charge on any atom is 0.495 e. The lowest BCUT2D eigenvalue weighted by Gasteiger charge is -2.32. The van der Waals surface area contributed by atoms with Crippen LogP contribution in [0.15, 0.2) is 18.3 Å². The summed E-state index contributed by atoms with van der Waals surface area (Å²) in [5.74, 6) is 0. The largest absolute Gasteiger partial charge is 0.495 e. The first-order valence-electron chi connectivity index (χ1n) is 12.6. The summed E-state index contributed by atoms with van der Waals surface area (Å²) in [6, 6.07) is 4.18. The number of aromatic nitrogens is 2. The molecule has 33 heavy (non-hydrogen) atoms. The van der Waals surface area contributed by atoms with Crippen molar-refractivity contribution < 1.29 is 23.5 Å². The SMILES string of the molecule is CC1(C)OB(c2ccc3nn(C4CCCCO4)cc3c2CCOC2CCCCO2)OC1(C)C. The molecule has 0 spiro atoms. The third kappa shape index (κ3) is 4.73. The van der Waals surface area contributed by atoms with Crippen molar-refractivity contribution in [1.82, 2.24) is 9.78 Å². The molecule has 1 aromatic heterocycles. The highest BCUT2D eigenvalue weighted by atomic mass is 16.7. The number of rotatable bonds is 6. The molecule has 0 N–H and O–H groups in total. The Morgan fingerprint density at radius 3 is 2.39 bits per heavy atom. The van der Waals surface area contributed by atoms with Crippen molar-refractivity contribution in [2.45, 2.75) is 96.4 Å². The molecule has 0 amide bonds. The van der Waals surface area contributed by atoms with E-state index in [1.807, 2.05) is 4.68 Å². The Morgan fingerprint density at radius 2 is 1.73 bits per heavy atom. The highest BCUT2D eigenvalue weighted by Gasteiger charge is 2.52. The third-order valence-electron chi connectivity index (χ3n) is 7.61. The smallest absolute Gasteiger partial charge is 0.399 e. The van der Waals surface area contributed by atoms with Crippen LogP contribution in [0.5, 0.6) is 0 Å². The number of hydrogen-bond donors (Lipinski definition) is 0. The quantitative estimate of drug-likeness (QED) is 0.610. The van der Waals surface area contributed by atoms with E-state index in [1.54, 1.807) is 0 Å². The van der Waals surface area contributed by atoms with Crippen LogP contribution >= 0.6 is 0 Å². The zero-order chi connectivity index (χ0) is 23.1. The third-order valence-corrected chi connectivity index (χ3v) is 7.61. The maximum absolute atomic E-state index is 6.42. The molecule has 8 heteroatoms. The monoisotopic (exact) mass is 456 g/mol. The summed E-state index contributed by atoms with van der Waals surface area (Å²) in [7, 11) is -0.422. The van der Waals surface area contributed by atoms with E-state index in [2.05, 4.69) is 46.0 Å². The summed E-state index contributed by atoms with van der Waals surface area (Å²) in [5, 5.41) is 5.98. The number of benzene rings is 1. The molecule has 3 fully saturated rings. The summed E-state index contributed by atoms with van der Waals surface area (Å²) < 4.78 is 32.7. The lowest BCUT2D eigenvalue weighted by atomic mass is 9.74. The molecule has 0 radical (unpaired) electrons. The molecule has 7 nitrogen and oxygen atoms in total. The van der Waals surface area contributed by atoms with Gasteiger partial charge in [0.25, 0.3) is 0 Å². The molecular formula is C25H37BN2O5. The molecule has 2 atom stereocenters. The molecule has 4 heterocycles. The topological polar surface area (TPSA) is 64.0 Å². The number of ether oxygens (including phenoxy) is 3. The van der Waals surface area contributed by atoms with Crippen LogP contribution in [-0.2, 0) is 29.9 Å². The number of nitrogens with zero attached hydrogens (tertiary/aromatic N) is 2. The standard InChI is InChI=1S/C25H37BN2O5/c1-24(2)25(3,4)33-26(32-24)20-11-12-21-19(17-28(27-21)22-9-5-7-14-29-22)18(20)13-16-31-23-10-6-8-15-30-23/h11-12,17,22-23H,5-10,13-16H2,1-4H3. The molecule has 5 rings (SSSR count). The predicted molar refractivity (Wildman–Crippen MR) is 128 cm³/mol. The van der Waals surface area contributed by atoms with Crippen molar-refractivity contribution in [3.63, 3.8) is 0 Å². The number of fused-ring (bicyclic) bond motifs is 1. The van der Waals surface area contributed by atoms with Crippen molar-refractivity contribution in [2.24, 2.45) is 0 Å². The maximum atomic E-state index is 6.42. The van der Waals surface area contributed by atoms with Gasteiger partial charge in [-0.15, -0.1) is 0 Å². The van der Waals surface area contributed by atoms with Gasteiger partial charge in [-0.3, -0.25) is 0 Å². The number of hydrogen-bond acceptors (Lipinski definition) is 6. The molecule has 0 aliphatic carbocycles. The van der Waals surface area contributed by atoms with E-state index in [1.165, 1.54) is 12.0 Å². The fourth-order valence-corrected chi connectivity index (χ4v) is 4.87. The van der Waals surface area contributed by atoms with E-state index in [-0.39, 0.29) is 12.5 Å². The van der Waals surface area contributed by atoms with Gasteiger partial charge in [0.2, 0.25) is 0 Å². The molecule has 0 bridgehead atoms. The van der Waals surface area contributed by atoms with Gasteiger partial charge in [0.15, 0.2) is 6.29 Å². The van der Waals surface area contributed by atoms with Gasteiger partial charge in [-0.05, 0) is 89.7 Å². The van der Waals surface area contributed by atoms with E-state index in [9.17, 15) is 0 Å². The molecule has 2 aromatic rings. The Labute approximate surface area is 197 Å². The van der Waals surface area contributed by atoms with Crippen LogP contribution in [0.25, 0.3) is 10.9 Å². The zero-order valence-electron chi connectivity index (χ0n) is 20.5. The van der Waals surface area contributed by atoms with Crippen LogP contribution < -0.4 is 5.46 Å². The van der Waals surface area contributed by atoms with Crippen molar-refractivity contribution in [3.8, 4) is 0 Å². The first kappa shape index (κ1) is 23.3. The van der Waals surface area contributed by atoms with Crippen LogP contribution in [0.2, 0.25) is 0 Å². The highest BCUT2D eigenvalue weighted by Crippen LogP contribution is 2.37. The minimum Gasteiger partial charge on any atom is -0.399 e. The van der Waals surface area contributed by atoms with Gasteiger partial charge in [-0.25, -0.2) is 4.68 Å². The summed E-state index contributed by atoms with van der Waals surface area (Å²) in [5.41, 5.74) is 2.41. The van der Waals surface area contributed by atoms with Gasteiger partial charge in [0, 0.05) is 24.8 Å². The Hall–Kier alpha value is -1.45. The molecule has 3 saturated heterocycles. The molecular weight excluding hydrogens is 419 g/mol. The fourth-order valence-electron chi connectivity index (χ4n) is 4.87. The molecule has 3 aliphatic rings. The van der Waals surface area contributed by atoms with Crippen molar-refractivity contribution >= 4 is 23.5 Å². The van der Waals surface area contributed by atoms with E-state index in [0.717, 1.165) is 68.1 Å². The Balaban J connectivity index is 1.45. The molecule has 1 aromatic carbocycles. The second kappa shape index (κ2) is 9.31. The molecule has 2 unspecified atom stereocenters. The van der Waals surface area contributed by atoms with E-state index >= 15 is 0 Å². The van der Waals surface area contributed by atoms with Gasteiger partial charge < -0.3 is 23.5 Å². The van der Waals surface area contributed by atoms with Gasteiger partial charge in [0.1, 0.15) is 6.23 Å². The van der Waals surface area contributed by atoms with E-state index in [4.69, 9.17) is 28.6 Å². The first-order chi connectivity index (χ1) is 15.8. The molecule has 0 saturated carbocycles. The average molecular weight is 456 g/mol. The molecule has 3 aliphatic heterocycles. The summed E-state index contributed by atoms with van der Waals surface area (Å²) in [4.78, 5) is 0. The summed E-state index contributed by atoms with van der Waals surface area (Å²) in [6.07, 6.45) is 9.31. The molecule has 180 valence electrons. The summed E-state index contributed by atoms with van der Waals surface area (Å²) >= 11 is 0. The second-order valence-electron chi connectivity index (χ2n) is 10.5. The normalized spacial score (nSPS) is 27.3. The zero-order valence-corrected chi connectivity index (χ0v) is 20.5. The van der Waals surface area contributed by atoms with Crippen molar-refractivity contribution in [1.29, 1.82) is 0 Å². The Kier molecular flexibility index (Phi) is 6.57. The van der Waals surface area contributed by atoms with Gasteiger partial charge in [-0.1, -0.05) is 6.07 Å². The van der Waals surface area contributed by atoms with Crippen LogP contribution in [0.4, 0.5) is 0 Å². The van der Waals surface area contributed by atoms with Crippen molar-refractivity contribution in [2.75, 3.05) is 19.8 Å². The van der Waals surface area contributed by atoms with Crippen molar-refractivity contribution in [3.05, 3.63) is 23.9 Å². The Bertz CT molecular complexity index is 947.